The largest absolute Gasteiger partial charge is 0.392 e. The normalized spacial score (nSPS) is 11.2. The Morgan fingerprint density at radius 3 is 2.65 bits per heavy atom. The summed E-state index contributed by atoms with van der Waals surface area (Å²) in [6.45, 7) is 0.441. The number of aliphatic hydroxyl groups excluding tert-OH is 1. The van der Waals surface area contributed by atoms with Gasteiger partial charge in [0.1, 0.15) is 11.5 Å². The lowest BCUT2D eigenvalue weighted by molar-refractivity contribution is 0.282. The predicted molar refractivity (Wildman–Crippen MR) is 139 cm³/mol. The van der Waals surface area contributed by atoms with Gasteiger partial charge in [0.2, 0.25) is 5.95 Å². The zero-order valence-corrected chi connectivity index (χ0v) is 19.6. The van der Waals surface area contributed by atoms with Crippen molar-refractivity contribution in [3.8, 4) is 33.9 Å². The number of fused-ring (bicyclic) bond motifs is 1. The molecule has 0 aliphatic heterocycles. The van der Waals surface area contributed by atoms with Crippen molar-refractivity contribution in [1.82, 2.24) is 29.3 Å². The van der Waals surface area contributed by atoms with Gasteiger partial charge in [0.25, 0.3) is 0 Å². The third-order valence-electron chi connectivity index (χ3n) is 6.08. The van der Waals surface area contributed by atoms with E-state index in [1.165, 1.54) is 12.1 Å². The minimum absolute atomic E-state index is 0.0896. The molecule has 4 aromatic heterocycles. The van der Waals surface area contributed by atoms with Gasteiger partial charge < -0.3 is 15.4 Å². The van der Waals surface area contributed by atoms with Crippen LogP contribution in [0.5, 0.6) is 0 Å². The first kappa shape index (κ1) is 22.6. The van der Waals surface area contributed by atoms with Crippen LogP contribution in [0.4, 0.5) is 10.3 Å². The van der Waals surface area contributed by atoms with E-state index >= 15 is 0 Å². The van der Waals surface area contributed by atoms with Gasteiger partial charge in [-0.2, -0.15) is 0 Å². The van der Waals surface area contributed by atoms with Gasteiger partial charge in [0.15, 0.2) is 0 Å². The number of halogens is 1. The van der Waals surface area contributed by atoms with Crippen molar-refractivity contribution in [2.75, 3.05) is 5.32 Å². The number of hydrogen-bond acceptors (Lipinski definition) is 6. The molecule has 0 aliphatic rings. The van der Waals surface area contributed by atoms with Crippen LogP contribution in [0.25, 0.3) is 39.5 Å². The first-order chi connectivity index (χ1) is 18.2. The Bertz CT molecular complexity index is 1680. The van der Waals surface area contributed by atoms with E-state index in [9.17, 15) is 9.50 Å². The third-order valence-corrected chi connectivity index (χ3v) is 6.08. The zero-order valence-electron chi connectivity index (χ0n) is 19.6. The SMILES string of the molecule is OCc1ccn2c(-c3ccnc(NCc4cccc(-c5cnc[nH]5)c4)n3)c(-c3ccc(F)cc3)nc2c1. The average molecular weight is 492 g/mol. The number of aromatic amines is 1. The lowest BCUT2D eigenvalue weighted by atomic mass is 10.1. The van der Waals surface area contributed by atoms with Gasteiger partial charge in [-0.15, -0.1) is 0 Å². The van der Waals surface area contributed by atoms with E-state index in [2.05, 4.69) is 26.3 Å². The lowest BCUT2D eigenvalue weighted by Crippen LogP contribution is -2.04. The Morgan fingerprint density at radius 1 is 0.946 bits per heavy atom. The maximum absolute atomic E-state index is 13.6. The number of nitrogens with one attached hydrogen (secondary N) is 2. The summed E-state index contributed by atoms with van der Waals surface area (Å²) in [5, 5.41) is 12.9. The number of rotatable bonds is 7. The van der Waals surface area contributed by atoms with Crippen LogP contribution in [0.1, 0.15) is 11.1 Å². The molecule has 37 heavy (non-hydrogen) atoms. The summed E-state index contributed by atoms with van der Waals surface area (Å²) < 4.78 is 15.5. The first-order valence-electron chi connectivity index (χ1n) is 11.7. The van der Waals surface area contributed by atoms with Crippen molar-refractivity contribution in [2.45, 2.75) is 13.2 Å². The molecule has 0 spiro atoms. The Labute approximate surface area is 211 Å². The Kier molecular flexibility index (Phi) is 5.88. The fourth-order valence-corrected chi connectivity index (χ4v) is 4.26. The fourth-order valence-electron chi connectivity index (χ4n) is 4.26. The summed E-state index contributed by atoms with van der Waals surface area (Å²) in [6.07, 6.45) is 7.00. The molecule has 0 radical (unpaired) electrons. The number of aromatic nitrogens is 6. The molecule has 0 aliphatic carbocycles. The molecule has 3 N–H and O–H groups in total. The summed E-state index contributed by atoms with van der Waals surface area (Å²) in [4.78, 5) is 21.2. The third kappa shape index (κ3) is 4.55. The number of aliphatic hydroxyl groups is 1. The number of benzene rings is 2. The first-order valence-corrected chi connectivity index (χ1v) is 11.7. The average Bonchev–Trinajstić information content (AvgIpc) is 3.61. The van der Waals surface area contributed by atoms with E-state index in [0.29, 0.717) is 29.5 Å². The van der Waals surface area contributed by atoms with Crippen LogP contribution in [-0.2, 0) is 13.2 Å². The van der Waals surface area contributed by atoms with Crippen molar-refractivity contribution in [1.29, 1.82) is 0 Å². The smallest absolute Gasteiger partial charge is 0.223 e. The maximum atomic E-state index is 13.6. The van der Waals surface area contributed by atoms with Gasteiger partial charge in [-0.1, -0.05) is 18.2 Å². The zero-order chi connectivity index (χ0) is 25.2. The molecule has 0 atom stereocenters. The summed E-state index contributed by atoms with van der Waals surface area (Å²) in [5.74, 6) is 0.151. The van der Waals surface area contributed by atoms with Gasteiger partial charge in [0, 0.05) is 24.5 Å². The minimum atomic E-state index is -0.318. The van der Waals surface area contributed by atoms with Crippen LogP contribution >= 0.6 is 0 Å². The molecule has 0 amide bonds. The van der Waals surface area contributed by atoms with Crippen LogP contribution in [0, 0.1) is 5.82 Å². The maximum Gasteiger partial charge on any atom is 0.223 e. The van der Waals surface area contributed by atoms with E-state index in [1.54, 1.807) is 30.9 Å². The standard InChI is InChI=1S/C28H22FN7O/c29-22-6-4-20(5-7-22)26-27(36-11-9-19(16-37)13-25(36)35-26)23-8-10-31-28(34-23)32-14-18-2-1-3-21(12-18)24-15-30-17-33-24/h1-13,15,17,37H,14,16H2,(H,30,33)(H,31,32,34). The highest BCUT2D eigenvalue weighted by Crippen LogP contribution is 2.32. The number of imidazole rings is 2. The topological polar surface area (TPSA) is 104 Å². The molecule has 0 saturated heterocycles. The van der Waals surface area contributed by atoms with Gasteiger partial charge in [-0.3, -0.25) is 4.40 Å². The second kappa shape index (κ2) is 9.63. The van der Waals surface area contributed by atoms with E-state index < -0.39 is 0 Å². The van der Waals surface area contributed by atoms with Crippen LogP contribution in [0.15, 0.2) is 91.6 Å². The molecule has 182 valence electrons. The molecule has 6 aromatic rings. The van der Waals surface area contributed by atoms with Crippen molar-refractivity contribution in [3.63, 3.8) is 0 Å². The molecule has 4 heterocycles. The van der Waals surface area contributed by atoms with Crippen LogP contribution in [-0.4, -0.2) is 34.4 Å². The summed E-state index contributed by atoms with van der Waals surface area (Å²) in [6, 6.07) is 19.8. The number of H-pyrrole nitrogens is 1. The molecule has 0 bridgehead atoms. The van der Waals surface area contributed by atoms with E-state index in [4.69, 9.17) is 9.97 Å². The quantitative estimate of drug-likeness (QED) is 0.287. The van der Waals surface area contributed by atoms with Crippen LogP contribution < -0.4 is 5.32 Å². The monoisotopic (exact) mass is 491 g/mol. The van der Waals surface area contributed by atoms with Crippen molar-refractivity contribution >= 4 is 11.6 Å². The Morgan fingerprint density at radius 2 is 1.84 bits per heavy atom. The summed E-state index contributed by atoms with van der Waals surface area (Å²) >= 11 is 0. The molecule has 0 fully saturated rings. The van der Waals surface area contributed by atoms with Crippen molar-refractivity contribution in [2.24, 2.45) is 0 Å². The molecule has 9 heteroatoms. The number of pyridine rings is 1. The van der Waals surface area contributed by atoms with E-state index in [1.807, 2.05) is 47.0 Å². The molecule has 6 rings (SSSR count). The molecular formula is C28H22FN7O. The van der Waals surface area contributed by atoms with E-state index in [0.717, 1.165) is 33.6 Å². The lowest BCUT2D eigenvalue weighted by Gasteiger charge is -2.09. The highest BCUT2D eigenvalue weighted by molar-refractivity contribution is 5.80. The van der Waals surface area contributed by atoms with Gasteiger partial charge >= 0.3 is 0 Å². The fraction of sp³-hybridized carbons (Fsp3) is 0.0714. The predicted octanol–water partition coefficient (Wildman–Crippen LogP) is 5.09. The molecular weight excluding hydrogens is 469 g/mol. The molecule has 0 unspecified atom stereocenters. The van der Waals surface area contributed by atoms with Crippen LogP contribution in [0.3, 0.4) is 0 Å². The molecule has 8 nitrogen and oxygen atoms in total. The Balaban J connectivity index is 1.35. The van der Waals surface area contributed by atoms with Gasteiger partial charge in [0.05, 0.1) is 41.9 Å². The van der Waals surface area contributed by atoms with Gasteiger partial charge in [-0.05, 0) is 65.2 Å². The second-order valence-electron chi connectivity index (χ2n) is 8.52. The number of anilines is 1. The van der Waals surface area contributed by atoms with Crippen LogP contribution in [0.2, 0.25) is 0 Å². The number of nitrogens with zero attached hydrogens (tertiary/aromatic N) is 5. The summed E-state index contributed by atoms with van der Waals surface area (Å²) in [5.41, 5.74) is 7.29. The second-order valence-corrected chi connectivity index (χ2v) is 8.52. The van der Waals surface area contributed by atoms with Crippen molar-refractivity contribution in [3.05, 3.63) is 109 Å². The Hall–Kier alpha value is -4.89. The summed E-state index contributed by atoms with van der Waals surface area (Å²) in [7, 11) is 0. The molecule has 0 saturated carbocycles. The minimum Gasteiger partial charge on any atom is -0.392 e. The number of hydrogen-bond donors (Lipinski definition) is 3. The van der Waals surface area contributed by atoms with Crippen molar-refractivity contribution < 1.29 is 9.50 Å². The van der Waals surface area contributed by atoms with Gasteiger partial charge in [-0.25, -0.2) is 24.3 Å². The molecule has 2 aromatic carbocycles. The highest BCUT2D eigenvalue weighted by atomic mass is 19.1. The highest BCUT2D eigenvalue weighted by Gasteiger charge is 2.18. The van der Waals surface area contributed by atoms with E-state index in [-0.39, 0.29) is 12.4 Å².